The molecule has 120 valence electrons. The summed E-state index contributed by atoms with van der Waals surface area (Å²) in [6.07, 6.45) is -10.3. The normalized spacial score (nSPS) is 15.8. The van der Waals surface area contributed by atoms with E-state index < -0.39 is 35.9 Å². The maximum absolute atomic E-state index is 12.3. The van der Waals surface area contributed by atoms with Gasteiger partial charge in [0.05, 0.1) is 19.4 Å². The van der Waals surface area contributed by atoms with Crippen LogP contribution in [0.2, 0.25) is 0 Å². The van der Waals surface area contributed by atoms with Crippen LogP contribution in [0.4, 0.5) is 26.3 Å². The molecule has 0 aliphatic rings. The van der Waals surface area contributed by atoms with Crippen LogP contribution >= 0.6 is 11.8 Å². The van der Waals surface area contributed by atoms with Crippen molar-refractivity contribution in [3.63, 3.8) is 0 Å². The summed E-state index contributed by atoms with van der Waals surface area (Å²) < 4.78 is 77.3. The summed E-state index contributed by atoms with van der Waals surface area (Å²) >= 11 is 0.672. The van der Waals surface area contributed by atoms with Gasteiger partial charge < -0.3 is 4.74 Å². The second-order valence-electron chi connectivity index (χ2n) is 4.27. The van der Waals surface area contributed by atoms with Crippen LogP contribution in [0, 0.1) is 5.92 Å². The van der Waals surface area contributed by atoms with Gasteiger partial charge in [0.25, 0.3) is 0 Å². The number of hydrogen-bond acceptors (Lipinski definition) is 3. The van der Waals surface area contributed by atoms with E-state index in [1.807, 2.05) is 0 Å². The monoisotopic (exact) mass is 326 g/mol. The van der Waals surface area contributed by atoms with Crippen molar-refractivity contribution in [3.05, 3.63) is 0 Å². The molecule has 0 aliphatic heterocycles. The number of ether oxygens (including phenoxy) is 1. The topological polar surface area (TPSA) is 26.3 Å². The minimum atomic E-state index is -4.38. The van der Waals surface area contributed by atoms with Crippen molar-refractivity contribution < 1.29 is 35.9 Å². The van der Waals surface area contributed by atoms with Crippen LogP contribution < -0.4 is 0 Å². The van der Waals surface area contributed by atoms with Crippen LogP contribution in [0.25, 0.3) is 0 Å². The van der Waals surface area contributed by atoms with Crippen LogP contribution in [-0.2, 0) is 9.53 Å². The van der Waals surface area contributed by atoms with Crippen LogP contribution in [0.3, 0.4) is 0 Å². The number of thioether (sulfide) groups is 1. The minimum absolute atomic E-state index is 0.171. The van der Waals surface area contributed by atoms with E-state index in [9.17, 15) is 31.1 Å². The van der Waals surface area contributed by atoms with Gasteiger partial charge in [-0.2, -0.15) is 26.3 Å². The number of alkyl halides is 6. The molecule has 9 heteroatoms. The first-order chi connectivity index (χ1) is 8.97. The molecule has 0 heterocycles. The summed E-state index contributed by atoms with van der Waals surface area (Å²) in [6, 6.07) is 0. The van der Waals surface area contributed by atoms with Gasteiger partial charge in [-0.05, 0) is 12.8 Å². The van der Waals surface area contributed by atoms with Crippen molar-refractivity contribution in [2.24, 2.45) is 5.92 Å². The molecular weight excluding hydrogens is 310 g/mol. The molecule has 0 N–H and O–H groups in total. The van der Waals surface area contributed by atoms with E-state index in [1.165, 1.54) is 0 Å². The third-order valence-corrected chi connectivity index (χ3v) is 3.86. The zero-order valence-corrected chi connectivity index (χ0v) is 11.8. The van der Waals surface area contributed by atoms with E-state index >= 15 is 0 Å². The number of methoxy groups -OCH3 is 1. The molecule has 0 aromatic carbocycles. The van der Waals surface area contributed by atoms with Gasteiger partial charge in [-0.3, -0.25) is 4.79 Å². The van der Waals surface area contributed by atoms with E-state index in [0.29, 0.717) is 11.8 Å². The van der Waals surface area contributed by atoms with Crippen molar-refractivity contribution in [2.75, 3.05) is 12.9 Å². The Kier molecular flexibility index (Phi) is 7.75. The summed E-state index contributed by atoms with van der Waals surface area (Å²) in [4.78, 5) is 11.3. The number of esters is 1. The molecule has 0 saturated heterocycles. The Labute approximate surface area is 117 Å². The van der Waals surface area contributed by atoms with Crippen LogP contribution in [0.5, 0.6) is 0 Å². The van der Waals surface area contributed by atoms with E-state index in [-0.39, 0.29) is 18.6 Å². The van der Waals surface area contributed by atoms with Gasteiger partial charge >= 0.3 is 18.3 Å². The predicted octanol–water partition coefficient (Wildman–Crippen LogP) is 4.19. The SMILES string of the molecule is COC(=O)C(CCC(C)C(F)(F)F)SCCC(F)(F)F. The van der Waals surface area contributed by atoms with Crippen molar-refractivity contribution in [2.45, 2.75) is 43.8 Å². The van der Waals surface area contributed by atoms with Gasteiger partial charge in [0.2, 0.25) is 0 Å². The quantitative estimate of drug-likeness (QED) is 0.518. The summed E-state index contributed by atoms with van der Waals surface area (Å²) in [7, 11) is 1.05. The molecule has 20 heavy (non-hydrogen) atoms. The number of carbonyl (C=O) groups excluding carboxylic acids is 1. The van der Waals surface area contributed by atoms with Gasteiger partial charge in [0, 0.05) is 5.75 Å². The summed E-state index contributed by atoms with van der Waals surface area (Å²) in [5.74, 6) is -2.80. The molecule has 0 aromatic rings. The van der Waals surface area contributed by atoms with E-state index in [2.05, 4.69) is 4.74 Å². The van der Waals surface area contributed by atoms with Gasteiger partial charge in [-0.25, -0.2) is 0 Å². The van der Waals surface area contributed by atoms with Gasteiger partial charge in [0.1, 0.15) is 5.25 Å². The molecule has 0 saturated carbocycles. The molecule has 0 bridgehead atoms. The van der Waals surface area contributed by atoms with Crippen LogP contribution in [-0.4, -0.2) is 36.4 Å². The Morgan fingerprint density at radius 1 is 1.15 bits per heavy atom. The number of hydrogen-bond donors (Lipinski definition) is 0. The third kappa shape index (κ3) is 8.55. The molecule has 0 aromatic heterocycles. The van der Waals surface area contributed by atoms with Crippen molar-refractivity contribution >= 4 is 17.7 Å². The highest BCUT2D eigenvalue weighted by Crippen LogP contribution is 2.32. The molecule has 0 amide bonds. The molecule has 0 spiro atoms. The summed E-state index contributed by atoms with van der Waals surface area (Å²) in [5, 5.41) is -1.01. The third-order valence-electron chi connectivity index (χ3n) is 2.59. The maximum atomic E-state index is 12.3. The zero-order valence-electron chi connectivity index (χ0n) is 11.0. The van der Waals surface area contributed by atoms with Gasteiger partial charge in [-0.15, -0.1) is 11.8 Å². The Morgan fingerprint density at radius 2 is 1.70 bits per heavy atom. The lowest BCUT2D eigenvalue weighted by Gasteiger charge is -2.19. The standard InChI is InChI=1S/C11H16F6O2S/c1-7(11(15,16)17)3-4-8(9(18)19-2)20-6-5-10(12,13)14/h7-8H,3-6H2,1-2H3. The molecule has 2 nitrogen and oxygen atoms in total. The first kappa shape index (κ1) is 19.4. The lowest BCUT2D eigenvalue weighted by atomic mass is 10.0. The molecule has 2 unspecified atom stereocenters. The fraction of sp³-hybridized carbons (Fsp3) is 0.909. The van der Waals surface area contributed by atoms with Crippen LogP contribution in [0.1, 0.15) is 26.2 Å². The fourth-order valence-electron chi connectivity index (χ4n) is 1.28. The van der Waals surface area contributed by atoms with Crippen molar-refractivity contribution in [1.82, 2.24) is 0 Å². The minimum Gasteiger partial charge on any atom is -0.468 e. The average molecular weight is 326 g/mol. The van der Waals surface area contributed by atoms with Crippen molar-refractivity contribution in [1.29, 1.82) is 0 Å². The molecular formula is C11H16F6O2S. The highest BCUT2D eigenvalue weighted by Gasteiger charge is 2.36. The average Bonchev–Trinajstić information content (AvgIpc) is 2.29. The molecule has 0 aliphatic carbocycles. The number of rotatable bonds is 7. The summed E-state index contributed by atoms with van der Waals surface area (Å²) in [5.41, 5.74) is 0. The molecule has 0 rings (SSSR count). The predicted molar refractivity (Wildman–Crippen MR) is 63.4 cm³/mol. The Hall–Kier alpha value is -0.600. The second-order valence-corrected chi connectivity index (χ2v) is 5.58. The second kappa shape index (κ2) is 7.99. The fourth-order valence-corrected chi connectivity index (χ4v) is 2.45. The van der Waals surface area contributed by atoms with Crippen LogP contribution in [0.15, 0.2) is 0 Å². The lowest BCUT2D eigenvalue weighted by Crippen LogP contribution is -2.25. The molecule has 0 fully saturated rings. The first-order valence-electron chi connectivity index (χ1n) is 5.80. The Bertz CT molecular complexity index is 302. The van der Waals surface area contributed by atoms with Gasteiger partial charge in [-0.1, -0.05) is 6.92 Å². The Balaban J connectivity index is 4.33. The summed E-state index contributed by atoms with van der Waals surface area (Å²) in [6.45, 7) is 0.967. The number of carbonyl (C=O) groups is 1. The van der Waals surface area contributed by atoms with E-state index in [0.717, 1.165) is 14.0 Å². The Morgan fingerprint density at radius 3 is 2.10 bits per heavy atom. The highest BCUT2D eigenvalue weighted by atomic mass is 32.2. The lowest BCUT2D eigenvalue weighted by molar-refractivity contribution is -0.171. The largest absolute Gasteiger partial charge is 0.468 e. The molecule has 2 atom stereocenters. The first-order valence-corrected chi connectivity index (χ1v) is 6.85. The number of halogens is 6. The zero-order chi connectivity index (χ0) is 16.0. The molecule has 0 radical (unpaired) electrons. The smallest absolute Gasteiger partial charge is 0.391 e. The van der Waals surface area contributed by atoms with E-state index in [4.69, 9.17) is 0 Å². The highest BCUT2D eigenvalue weighted by molar-refractivity contribution is 8.00. The van der Waals surface area contributed by atoms with Crippen molar-refractivity contribution in [3.8, 4) is 0 Å². The maximum Gasteiger partial charge on any atom is 0.391 e. The van der Waals surface area contributed by atoms with E-state index in [1.54, 1.807) is 0 Å². The van der Waals surface area contributed by atoms with Gasteiger partial charge in [0.15, 0.2) is 0 Å².